The predicted octanol–water partition coefficient (Wildman–Crippen LogP) is 1.64. The summed E-state index contributed by atoms with van der Waals surface area (Å²) in [7, 11) is 0. The minimum absolute atomic E-state index is 0.0148. The van der Waals surface area contributed by atoms with Crippen LogP contribution >= 0.6 is 0 Å². The number of para-hydroxylation sites is 1. The Hall–Kier alpha value is -1.09. The highest BCUT2D eigenvalue weighted by molar-refractivity contribution is 5.23. The van der Waals surface area contributed by atoms with E-state index in [4.69, 9.17) is 4.74 Å². The zero-order valence-electron chi connectivity index (χ0n) is 5.92. The molecule has 1 aromatic carbocycles. The van der Waals surface area contributed by atoms with E-state index in [1.807, 2.05) is 0 Å². The molecular weight excluding hydrogens is 147 g/mol. The van der Waals surface area contributed by atoms with Gasteiger partial charge in [-0.2, -0.15) is 0 Å². The maximum absolute atomic E-state index is 12.7. The fourth-order valence-corrected chi connectivity index (χ4v) is 0.713. The van der Waals surface area contributed by atoms with Crippen molar-refractivity contribution in [1.29, 1.82) is 0 Å². The van der Waals surface area contributed by atoms with Crippen LogP contribution in [-0.4, -0.2) is 13.2 Å². The summed E-state index contributed by atoms with van der Waals surface area (Å²) in [5, 5.41) is 9.97. The largest absolute Gasteiger partial charge is 0.488 e. The Morgan fingerprint density at radius 2 is 2.09 bits per heavy atom. The SMILES string of the molecule is [O]CCOc1ccccc1F. The van der Waals surface area contributed by atoms with Crippen molar-refractivity contribution < 1.29 is 14.2 Å². The van der Waals surface area contributed by atoms with Crippen LogP contribution in [-0.2, 0) is 5.11 Å². The van der Waals surface area contributed by atoms with E-state index in [9.17, 15) is 9.50 Å². The maximum atomic E-state index is 12.7. The fraction of sp³-hybridized carbons (Fsp3) is 0.250. The molecule has 0 spiro atoms. The quantitative estimate of drug-likeness (QED) is 0.652. The van der Waals surface area contributed by atoms with Gasteiger partial charge in [0, 0.05) is 0 Å². The van der Waals surface area contributed by atoms with Gasteiger partial charge < -0.3 is 4.74 Å². The van der Waals surface area contributed by atoms with E-state index in [-0.39, 0.29) is 19.0 Å². The molecule has 59 valence electrons. The summed E-state index contributed by atoms with van der Waals surface area (Å²) in [5.41, 5.74) is 0. The van der Waals surface area contributed by atoms with Crippen molar-refractivity contribution in [3.8, 4) is 5.75 Å². The summed E-state index contributed by atoms with van der Waals surface area (Å²) in [6, 6.07) is 6.01. The van der Waals surface area contributed by atoms with Crippen molar-refractivity contribution >= 4 is 0 Å². The van der Waals surface area contributed by atoms with Gasteiger partial charge >= 0.3 is 0 Å². The third kappa shape index (κ3) is 2.20. The number of ether oxygens (including phenoxy) is 1. The van der Waals surface area contributed by atoms with E-state index < -0.39 is 5.82 Å². The zero-order chi connectivity index (χ0) is 8.10. The minimum atomic E-state index is -0.430. The van der Waals surface area contributed by atoms with Crippen molar-refractivity contribution in [2.45, 2.75) is 0 Å². The summed E-state index contributed by atoms with van der Waals surface area (Å²) < 4.78 is 17.5. The van der Waals surface area contributed by atoms with Crippen LogP contribution in [0.3, 0.4) is 0 Å². The van der Waals surface area contributed by atoms with Gasteiger partial charge in [0.05, 0.1) is 0 Å². The van der Waals surface area contributed by atoms with Crippen molar-refractivity contribution in [2.24, 2.45) is 0 Å². The van der Waals surface area contributed by atoms with Crippen LogP contribution in [0.25, 0.3) is 0 Å². The first kappa shape index (κ1) is 8.01. The lowest BCUT2D eigenvalue weighted by Crippen LogP contribution is -2.01. The van der Waals surface area contributed by atoms with Crippen LogP contribution < -0.4 is 4.74 Å². The van der Waals surface area contributed by atoms with Crippen molar-refractivity contribution in [3.05, 3.63) is 30.1 Å². The van der Waals surface area contributed by atoms with Gasteiger partial charge in [0.1, 0.15) is 13.2 Å². The van der Waals surface area contributed by atoms with Gasteiger partial charge in [-0.1, -0.05) is 12.1 Å². The van der Waals surface area contributed by atoms with E-state index in [2.05, 4.69) is 0 Å². The lowest BCUT2D eigenvalue weighted by Gasteiger charge is -2.02. The fourth-order valence-electron chi connectivity index (χ4n) is 0.713. The van der Waals surface area contributed by atoms with Crippen LogP contribution in [0.4, 0.5) is 4.39 Å². The van der Waals surface area contributed by atoms with Crippen LogP contribution in [0.5, 0.6) is 5.75 Å². The number of hydrogen-bond acceptors (Lipinski definition) is 1. The Morgan fingerprint density at radius 3 is 2.73 bits per heavy atom. The molecule has 0 saturated carbocycles. The normalized spacial score (nSPS) is 9.64. The Balaban J connectivity index is 2.62. The van der Waals surface area contributed by atoms with Gasteiger partial charge in [-0.25, -0.2) is 9.50 Å². The molecule has 11 heavy (non-hydrogen) atoms. The third-order valence-corrected chi connectivity index (χ3v) is 1.18. The van der Waals surface area contributed by atoms with Gasteiger partial charge in [0.2, 0.25) is 0 Å². The minimum Gasteiger partial charge on any atom is -0.488 e. The molecule has 0 aliphatic carbocycles. The topological polar surface area (TPSA) is 29.1 Å². The molecule has 0 unspecified atom stereocenters. The second-order valence-corrected chi connectivity index (χ2v) is 1.98. The molecule has 0 N–H and O–H groups in total. The highest BCUT2D eigenvalue weighted by atomic mass is 19.1. The molecule has 3 heteroatoms. The number of hydrogen-bond donors (Lipinski definition) is 0. The van der Waals surface area contributed by atoms with Crippen LogP contribution in [0, 0.1) is 5.82 Å². The number of halogens is 1. The Kier molecular flexibility index (Phi) is 2.86. The Morgan fingerprint density at radius 1 is 1.36 bits per heavy atom. The summed E-state index contributed by atoms with van der Waals surface area (Å²) in [5.74, 6) is -0.288. The molecular formula is C8H8FO2. The average molecular weight is 155 g/mol. The van der Waals surface area contributed by atoms with Crippen molar-refractivity contribution in [3.63, 3.8) is 0 Å². The second kappa shape index (κ2) is 3.93. The zero-order valence-corrected chi connectivity index (χ0v) is 5.92. The summed E-state index contributed by atoms with van der Waals surface area (Å²) >= 11 is 0. The molecule has 0 aliphatic heterocycles. The van der Waals surface area contributed by atoms with Crippen LogP contribution in [0.1, 0.15) is 0 Å². The van der Waals surface area contributed by atoms with Gasteiger partial charge in [0.25, 0.3) is 0 Å². The van der Waals surface area contributed by atoms with E-state index >= 15 is 0 Å². The van der Waals surface area contributed by atoms with Gasteiger partial charge in [0.15, 0.2) is 11.6 Å². The molecule has 0 atom stereocenters. The van der Waals surface area contributed by atoms with Crippen LogP contribution in [0.15, 0.2) is 24.3 Å². The Bertz CT molecular complexity index is 225. The van der Waals surface area contributed by atoms with Gasteiger partial charge in [-0.05, 0) is 12.1 Å². The van der Waals surface area contributed by atoms with E-state index in [0.29, 0.717) is 0 Å². The first-order valence-electron chi connectivity index (χ1n) is 3.30. The van der Waals surface area contributed by atoms with E-state index in [1.54, 1.807) is 12.1 Å². The smallest absolute Gasteiger partial charge is 0.165 e. The summed E-state index contributed by atoms with van der Waals surface area (Å²) in [6.45, 7) is -0.338. The highest BCUT2D eigenvalue weighted by Gasteiger charge is 1.99. The summed E-state index contributed by atoms with van der Waals surface area (Å²) in [4.78, 5) is 0. The summed E-state index contributed by atoms with van der Waals surface area (Å²) in [6.07, 6.45) is 0. The Labute approximate surface area is 64.2 Å². The van der Waals surface area contributed by atoms with Crippen LogP contribution in [0.2, 0.25) is 0 Å². The first-order chi connectivity index (χ1) is 5.34. The standard InChI is InChI=1S/C8H8FO2/c9-7-3-1-2-4-8(7)11-6-5-10/h1-4H,5-6H2. The van der Waals surface area contributed by atoms with Crippen molar-refractivity contribution in [1.82, 2.24) is 0 Å². The molecule has 0 aliphatic rings. The first-order valence-corrected chi connectivity index (χ1v) is 3.30. The highest BCUT2D eigenvalue weighted by Crippen LogP contribution is 2.14. The predicted molar refractivity (Wildman–Crippen MR) is 37.4 cm³/mol. The molecule has 0 fully saturated rings. The molecule has 1 aromatic rings. The molecule has 1 rings (SSSR count). The average Bonchev–Trinajstić information content (AvgIpc) is 2.03. The number of rotatable bonds is 3. The molecule has 0 heterocycles. The van der Waals surface area contributed by atoms with Gasteiger partial charge in [-0.3, -0.25) is 0 Å². The molecule has 0 aromatic heterocycles. The van der Waals surface area contributed by atoms with E-state index in [0.717, 1.165) is 0 Å². The third-order valence-electron chi connectivity index (χ3n) is 1.18. The van der Waals surface area contributed by atoms with Crippen molar-refractivity contribution in [2.75, 3.05) is 13.2 Å². The van der Waals surface area contributed by atoms with E-state index in [1.165, 1.54) is 12.1 Å². The second-order valence-electron chi connectivity index (χ2n) is 1.98. The maximum Gasteiger partial charge on any atom is 0.165 e. The number of benzene rings is 1. The lowest BCUT2D eigenvalue weighted by atomic mass is 10.3. The molecule has 0 saturated heterocycles. The molecule has 0 amide bonds. The van der Waals surface area contributed by atoms with Gasteiger partial charge in [-0.15, -0.1) is 0 Å². The molecule has 1 radical (unpaired) electrons. The molecule has 0 bridgehead atoms. The monoisotopic (exact) mass is 155 g/mol. The molecule has 2 nitrogen and oxygen atoms in total. The lowest BCUT2D eigenvalue weighted by molar-refractivity contribution is 0.136.